The van der Waals surface area contributed by atoms with Crippen LogP contribution < -0.4 is 0 Å². The zero-order chi connectivity index (χ0) is 12.6. The van der Waals surface area contributed by atoms with Gasteiger partial charge in [0.15, 0.2) is 0 Å². The molecule has 0 amide bonds. The Hall–Kier alpha value is 0.790. The van der Waals surface area contributed by atoms with E-state index in [9.17, 15) is 0 Å². The Kier molecular flexibility index (Phi) is 31.1. The van der Waals surface area contributed by atoms with Gasteiger partial charge in [-0.2, -0.15) is 0 Å². The molecule has 0 heterocycles. The van der Waals surface area contributed by atoms with E-state index in [1.165, 1.54) is 64.2 Å². The third kappa shape index (κ3) is 24.2. The van der Waals surface area contributed by atoms with Crippen molar-refractivity contribution in [2.75, 3.05) is 0 Å². The van der Waals surface area contributed by atoms with Crippen LogP contribution >= 0.6 is 0 Å². The molecule has 0 saturated heterocycles. The molecule has 0 bridgehead atoms. The number of rotatable bonds is 14. The van der Waals surface area contributed by atoms with Gasteiger partial charge in [-0.1, -0.05) is 0 Å². The molecule has 0 aliphatic carbocycles. The third-order valence-electron chi connectivity index (χ3n) is 3.41. The van der Waals surface area contributed by atoms with Gasteiger partial charge in [0, 0.05) is 0 Å². The Balaban J connectivity index is -0.00000128. The fourth-order valence-corrected chi connectivity index (χ4v) is 6.68. The van der Waals surface area contributed by atoms with Gasteiger partial charge in [-0.3, -0.25) is 0 Å². The van der Waals surface area contributed by atoms with Crippen molar-refractivity contribution >= 4 is 0 Å². The van der Waals surface area contributed by atoms with E-state index in [1.807, 2.05) is 0 Å². The van der Waals surface area contributed by atoms with Crippen LogP contribution in [0.15, 0.2) is 0 Å². The molecule has 19 heavy (non-hydrogen) atoms. The van der Waals surface area contributed by atoms with Crippen LogP contribution in [0.3, 0.4) is 0 Å². The van der Waals surface area contributed by atoms with Gasteiger partial charge < -0.3 is 11.0 Å². The molecule has 0 rings (SSSR count). The largest absolute Gasteiger partial charge is 0.870 e. The molecule has 0 unspecified atom stereocenters. The molecule has 0 saturated carbocycles. The second kappa shape index (κ2) is 23.9. The molecule has 0 aromatic carbocycles. The second-order valence-electron chi connectivity index (χ2n) is 5.29. The summed E-state index contributed by atoms with van der Waals surface area (Å²) in [5.74, 6) is 0. The van der Waals surface area contributed by atoms with E-state index in [2.05, 4.69) is 13.8 Å². The summed E-state index contributed by atoms with van der Waals surface area (Å²) in [7, 11) is 0. The fourth-order valence-electron chi connectivity index (χ4n) is 2.19. The minimum atomic E-state index is -0.130. The first-order valence-electron chi connectivity index (χ1n) is 8.12. The van der Waals surface area contributed by atoms with Crippen molar-refractivity contribution in [3.63, 3.8) is 0 Å². The normalized spacial score (nSPS) is 9.37. The van der Waals surface area contributed by atoms with Gasteiger partial charge in [0.1, 0.15) is 0 Å². The molecule has 0 radical (unpaired) electrons. The van der Waals surface area contributed by atoms with Gasteiger partial charge in [-0.25, -0.2) is 0 Å². The van der Waals surface area contributed by atoms with E-state index in [4.69, 9.17) is 0 Å². The van der Waals surface area contributed by atoms with Gasteiger partial charge in [0.25, 0.3) is 0 Å². The molecule has 116 valence electrons. The average Bonchev–Trinajstić information content (AvgIpc) is 2.35. The zero-order valence-electron chi connectivity index (χ0n) is 13.3. The third-order valence-corrected chi connectivity index (χ3v) is 8.50. The van der Waals surface area contributed by atoms with Crippen molar-refractivity contribution in [3.8, 4) is 0 Å². The molecule has 2 N–H and O–H groups in total. The monoisotopic (exact) mass is 440 g/mol. The smallest absolute Gasteiger partial charge is 0.870 e. The Labute approximate surface area is 133 Å². The Morgan fingerprint density at radius 1 is 0.474 bits per heavy atom. The summed E-state index contributed by atoms with van der Waals surface area (Å²) in [6.07, 6.45) is 17.9. The van der Waals surface area contributed by atoms with E-state index in [1.54, 1.807) is 21.2 Å². The predicted molar refractivity (Wildman–Crippen MR) is 80.2 cm³/mol. The maximum atomic E-state index is 2.30. The standard InChI is InChI=1S/2C8H17.Hf.2H2O/c2*1-3-5-7-8-6-4-2;;;/h2*1,3-8H2,2H3;;2*1H2/q;;+2;;/p-2. The number of hydrogen-bond acceptors (Lipinski definition) is 2. The molecule has 0 spiro atoms. The summed E-state index contributed by atoms with van der Waals surface area (Å²) >= 11 is -0.130. The van der Waals surface area contributed by atoms with Gasteiger partial charge in [0.05, 0.1) is 0 Å². The molecule has 0 aromatic rings. The summed E-state index contributed by atoms with van der Waals surface area (Å²) in [5.41, 5.74) is 0. The molecule has 0 aliphatic rings. The number of hydrogen-bond donors (Lipinski definition) is 0. The van der Waals surface area contributed by atoms with Crippen molar-refractivity contribution in [1.29, 1.82) is 0 Å². The van der Waals surface area contributed by atoms with Crippen LogP contribution in [0.5, 0.6) is 0 Å². The summed E-state index contributed by atoms with van der Waals surface area (Å²) in [5, 5.41) is 0. The summed E-state index contributed by atoms with van der Waals surface area (Å²) < 4.78 is 3.36. The van der Waals surface area contributed by atoms with Gasteiger partial charge >= 0.3 is 122 Å². The van der Waals surface area contributed by atoms with Crippen molar-refractivity contribution in [1.82, 2.24) is 0 Å². The van der Waals surface area contributed by atoms with Crippen LogP contribution in [-0.2, 0) is 22.9 Å². The molecular weight excluding hydrogens is 403 g/mol. The number of unbranched alkanes of at least 4 members (excludes halogenated alkanes) is 10. The van der Waals surface area contributed by atoms with Crippen LogP contribution in [0.2, 0.25) is 8.35 Å². The van der Waals surface area contributed by atoms with Crippen molar-refractivity contribution in [2.45, 2.75) is 99.3 Å². The van der Waals surface area contributed by atoms with E-state index in [-0.39, 0.29) is 33.9 Å². The van der Waals surface area contributed by atoms with E-state index in [0.717, 1.165) is 0 Å². The Bertz CT molecular complexity index is 118. The van der Waals surface area contributed by atoms with Crippen LogP contribution in [0, 0.1) is 0 Å². The second-order valence-corrected chi connectivity index (χ2v) is 10.7. The maximum Gasteiger partial charge on any atom is -0.870 e. The zero-order valence-corrected chi connectivity index (χ0v) is 16.9. The molecule has 0 atom stereocenters. The van der Waals surface area contributed by atoms with Gasteiger partial charge in [-0.05, 0) is 0 Å². The molecular formula is C16H36HfO2. The maximum absolute atomic E-state index is 2.30. The minimum absolute atomic E-state index is 0. The minimum Gasteiger partial charge on any atom is -0.870 e. The van der Waals surface area contributed by atoms with Crippen molar-refractivity contribution in [2.24, 2.45) is 0 Å². The first kappa shape index (κ1) is 24.8. The first-order valence-corrected chi connectivity index (χ1v) is 13.2. The summed E-state index contributed by atoms with van der Waals surface area (Å²) in [4.78, 5) is 0. The van der Waals surface area contributed by atoms with E-state index < -0.39 is 0 Å². The molecule has 3 heteroatoms. The topological polar surface area (TPSA) is 60.0 Å². The molecule has 0 aromatic heterocycles. The molecule has 0 fully saturated rings. The van der Waals surface area contributed by atoms with Gasteiger partial charge in [0.2, 0.25) is 0 Å². The summed E-state index contributed by atoms with van der Waals surface area (Å²) in [6, 6.07) is 0. The average molecular weight is 439 g/mol. The fraction of sp³-hybridized carbons (Fsp3) is 1.00. The van der Waals surface area contributed by atoms with Crippen LogP contribution in [0.1, 0.15) is 90.9 Å². The van der Waals surface area contributed by atoms with Crippen molar-refractivity contribution in [3.05, 3.63) is 0 Å². The Morgan fingerprint density at radius 2 is 0.789 bits per heavy atom. The molecule has 2 nitrogen and oxygen atoms in total. The van der Waals surface area contributed by atoms with Crippen LogP contribution in [0.4, 0.5) is 0 Å². The van der Waals surface area contributed by atoms with Crippen LogP contribution in [-0.4, -0.2) is 11.0 Å². The molecule has 0 aliphatic heterocycles. The van der Waals surface area contributed by atoms with Crippen LogP contribution in [0.25, 0.3) is 0 Å². The SMILES string of the molecule is CCCCCCC[CH2][Hf+2][CH2]CCCCCCC.[OH-].[OH-]. The van der Waals surface area contributed by atoms with Gasteiger partial charge in [-0.15, -0.1) is 0 Å². The summed E-state index contributed by atoms with van der Waals surface area (Å²) in [6.45, 7) is 4.60. The first-order chi connectivity index (χ1) is 8.41. The van der Waals surface area contributed by atoms with E-state index >= 15 is 0 Å². The van der Waals surface area contributed by atoms with Crippen molar-refractivity contribution < 1.29 is 33.9 Å². The Morgan fingerprint density at radius 3 is 1.16 bits per heavy atom. The quantitative estimate of drug-likeness (QED) is 0.237. The predicted octanol–water partition coefficient (Wildman–Crippen LogP) is 6.27. The van der Waals surface area contributed by atoms with E-state index in [0.29, 0.717) is 0 Å².